The topological polar surface area (TPSA) is 71.0 Å². The lowest BCUT2D eigenvalue weighted by Crippen LogP contribution is -2.34. The van der Waals surface area contributed by atoms with Crippen molar-refractivity contribution in [2.24, 2.45) is 4.99 Å². The molecule has 1 aliphatic heterocycles. The summed E-state index contributed by atoms with van der Waals surface area (Å²) >= 11 is 1.27. The first-order chi connectivity index (χ1) is 14.0. The Kier molecular flexibility index (Phi) is 6.72. The maximum absolute atomic E-state index is 13.1. The van der Waals surface area contributed by atoms with Gasteiger partial charge in [-0.15, -0.1) is 0 Å². The van der Waals surface area contributed by atoms with Crippen LogP contribution in [0.1, 0.15) is 18.1 Å². The molecule has 0 aliphatic carbocycles. The van der Waals surface area contributed by atoms with Crippen LogP contribution in [0.4, 0.5) is 0 Å². The van der Waals surface area contributed by atoms with E-state index in [1.165, 1.54) is 11.8 Å². The lowest BCUT2D eigenvalue weighted by Gasteiger charge is -2.19. The first kappa shape index (κ1) is 20.7. The van der Waals surface area contributed by atoms with Gasteiger partial charge >= 0.3 is 0 Å². The van der Waals surface area contributed by atoms with E-state index in [4.69, 9.17) is 4.74 Å². The summed E-state index contributed by atoms with van der Waals surface area (Å²) in [5.74, 6) is 0.448. The van der Waals surface area contributed by atoms with Crippen LogP contribution >= 0.6 is 11.8 Å². The molecule has 1 atom stereocenters. The number of aliphatic imine (C=N–C) groups is 1. The number of carbonyl (C=O) groups is 2. The monoisotopic (exact) mass is 409 g/mol. The van der Waals surface area contributed by atoms with Crippen molar-refractivity contribution in [3.05, 3.63) is 71.4 Å². The Balaban J connectivity index is 1.89. The molecule has 0 unspecified atom stereocenters. The number of thioether (sulfide) groups is 1. The molecular formula is C22H23N3O3S. The second-order valence-corrected chi connectivity index (χ2v) is 7.76. The van der Waals surface area contributed by atoms with E-state index in [9.17, 15) is 9.59 Å². The molecule has 0 spiro atoms. The third-order valence-electron chi connectivity index (χ3n) is 4.41. The fourth-order valence-electron chi connectivity index (χ4n) is 2.80. The number of amidine groups is 1. The van der Waals surface area contributed by atoms with E-state index in [2.05, 4.69) is 10.3 Å². The van der Waals surface area contributed by atoms with Gasteiger partial charge in [0.1, 0.15) is 11.4 Å². The third kappa shape index (κ3) is 5.06. The van der Waals surface area contributed by atoms with Gasteiger partial charge in [0.15, 0.2) is 5.17 Å². The second kappa shape index (κ2) is 9.43. The van der Waals surface area contributed by atoms with E-state index in [1.54, 1.807) is 32.1 Å². The molecule has 7 heteroatoms. The molecular weight excluding hydrogens is 386 g/mol. The van der Waals surface area contributed by atoms with E-state index >= 15 is 0 Å². The Labute approximate surface area is 174 Å². The highest BCUT2D eigenvalue weighted by molar-refractivity contribution is 8.14. The highest BCUT2D eigenvalue weighted by Crippen LogP contribution is 2.28. The zero-order valence-electron chi connectivity index (χ0n) is 16.6. The highest BCUT2D eigenvalue weighted by Gasteiger charge is 2.32. The maximum Gasteiger partial charge on any atom is 0.278 e. The Morgan fingerprint density at radius 1 is 1.21 bits per heavy atom. The standard InChI is InChI=1S/C22H23N3O3S/c1-15(20(26)23-2)29-22-24-19(13-16-9-11-18(28-3)12-10-16)21(27)25(22)14-17-7-5-4-6-8-17/h4-13,15H,14H2,1-3H3,(H,23,26)/b19-13+/t15-/m1/s1. The largest absolute Gasteiger partial charge is 0.497 e. The number of benzene rings is 2. The summed E-state index contributed by atoms with van der Waals surface area (Å²) in [4.78, 5) is 31.2. The summed E-state index contributed by atoms with van der Waals surface area (Å²) < 4.78 is 5.17. The van der Waals surface area contributed by atoms with Gasteiger partial charge < -0.3 is 10.1 Å². The highest BCUT2D eigenvalue weighted by atomic mass is 32.2. The predicted molar refractivity (Wildman–Crippen MR) is 117 cm³/mol. The Morgan fingerprint density at radius 2 is 1.90 bits per heavy atom. The van der Waals surface area contributed by atoms with E-state index in [0.29, 0.717) is 17.4 Å². The molecule has 2 amide bonds. The van der Waals surface area contributed by atoms with Crippen LogP contribution in [0.2, 0.25) is 0 Å². The zero-order chi connectivity index (χ0) is 20.8. The number of hydrogen-bond acceptors (Lipinski definition) is 5. The van der Waals surface area contributed by atoms with Gasteiger partial charge in [-0.1, -0.05) is 54.2 Å². The van der Waals surface area contributed by atoms with Crippen molar-refractivity contribution in [1.82, 2.24) is 10.2 Å². The van der Waals surface area contributed by atoms with Crippen LogP contribution in [0.25, 0.3) is 6.08 Å². The third-order valence-corrected chi connectivity index (χ3v) is 5.50. The van der Waals surface area contributed by atoms with Gasteiger partial charge in [0.25, 0.3) is 5.91 Å². The predicted octanol–water partition coefficient (Wildman–Crippen LogP) is 3.30. The second-order valence-electron chi connectivity index (χ2n) is 6.45. The number of nitrogens with one attached hydrogen (secondary N) is 1. The van der Waals surface area contributed by atoms with E-state index in [0.717, 1.165) is 16.9 Å². The number of ether oxygens (including phenoxy) is 1. The number of hydrogen-bond donors (Lipinski definition) is 1. The smallest absolute Gasteiger partial charge is 0.278 e. The molecule has 1 aliphatic rings. The number of carbonyl (C=O) groups excluding carboxylic acids is 2. The van der Waals surface area contributed by atoms with E-state index in [1.807, 2.05) is 54.6 Å². The number of amides is 2. The summed E-state index contributed by atoms with van der Waals surface area (Å²) in [5, 5.41) is 2.78. The minimum absolute atomic E-state index is 0.114. The molecule has 0 radical (unpaired) electrons. The van der Waals surface area contributed by atoms with Crippen molar-refractivity contribution in [2.75, 3.05) is 14.2 Å². The molecule has 29 heavy (non-hydrogen) atoms. The van der Waals surface area contributed by atoms with Crippen LogP contribution in [-0.2, 0) is 16.1 Å². The first-order valence-electron chi connectivity index (χ1n) is 9.20. The number of nitrogens with zero attached hydrogens (tertiary/aromatic N) is 2. The summed E-state index contributed by atoms with van der Waals surface area (Å²) in [7, 11) is 3.20. The molecule has 2 aromatic rings. The lowest BCUT2D eigenvalue weighted by atomic mass is 10.1. The van der Waals surface area contributed by atoms with Crippen molar-refractivity contribution in [2.45, 2.75) is 18.7 Å². The summed E-state index contributed by atoms with van der Waals surface area (Å²) in [6.45, 7) is 2.19. The molecule has 150 valence electrons. The number of rotatable bonds is 6. The molecule has 2 aromatic carbocycles. The molecule has 0 bridgehead atoms. The van der Waals surface area contributed by atoms with Gasteiger partial charge in [-0.25, -0.2) is 4.99 Å². The molecule has 0 aromatic heterocycles. The maximum atomic E-state index is 13.1. The van der Waals surface area contributed by atoms with Crippen LogP contribution in [0.3, 0.4) is 0 Å². The van der Waals surface area contributed by atoms with Crippen molar-refractivity contribution in [3.8, 4) is 5.75 Å². The summed E-state index contributed by atoms with van der Waals surface area (Å²) in [5.41, 5.74) is 2.19. The van der Waals surface area contributed by atoms with Gasteiger partial charge in [0.2, 0.25) is 5.91 Å². The van der Waals surface area contributed by atoms with Crippen LogP contribution < -0.4 is 10.1 Å². The van der Waals surface area contributed by atoms with Crippen molar-refractivity contribution in [3.63, 3.8) is 0 Å². The molecule has 0 saturated heterocycles. The average Bonchev–Trinajstić information content (AvgIpc) is 3.03. The van der Waals surface area contributed by atoms with Crippen molar-refractivity contribution < 1.29 is 14.3 Å². The lowest BCUT2D eigenvalue weighted by molar-refractivity contribution is -0.123. The molecule has 1 heterocycles. The Bertz CT molecular complexity index is 940. The fourth-order valence-corrected chi connectivity index (χ4v) is 3.77. The molecule has 1 N–H and O–H groups in total. The van der Waals surface area contributed by atoms with Gasteiger partial charge in [0.05, 0.1) is 18.9 Å². The minimum atomic E-state index is -0.370. The van der Waals surface area contributed by atoms with E-state index < -0.39 is 0 Å². The quantitative estimate of drug-likeness (QED) is 0.743. The average molecular weight is 410 g/mol. The van der Waals surface area contributed by atoms with Crippen molar-refractivity contribution in [1.29, 1.82) is 0 Å². The van der Waals surface area contributed by atoms with Crippen LogP contribution in [0.15, 0.2) is 65.3 Å². The van der Waals surface area contributed by atoms with Crippen LogP contribution in [0, 0.1) is 0 Å². The molecule has 0 fully saturated rings. The Hall–Kier alpha value is -3.06. The minimum Gasteiger partial charge on any atom is -0.497 e. The summed E-state index contributed by atoms with van der Waals surface area (Å²) in [6.07, 6.45) is 1.75. The zero-order valence-corrected chi connectivity index (χ0v) is 17.4. The van der Waals surface area contributed by atoms with Gasteiger partial charge in [-0.05, 0) is 36.3 Å². The van der Waals surface area contributed by atoms with Gasteiger partial charge in [0, 0.05) is 7.05 Å². The van der Waals surface area contributed by atoms with Gasteiger partial charge in [-0.2, -0.15) is 0 Å². The first-order valence-corrected chi connectivity index (χ1v) is 10.1. The molecule has 6 nitrogen and oxygen atoms in total. The Morgan fingerprint density at radius 3 is 2.52 bits per heavy atom. The normalized spacial score (nSPS) is 16.0. The summed E-state index contributed by atoms with van der Waals surface area (Å²) in [6, 6.07) is 17.1. The van der Waals surface area contributed by atoms with Crippen LogP contribution in [-0.4, -0.2) is 41.3 Å². The molecule has 0 saturated carbocycles. The van der Waals surface area contributed by atoms with Gasteiger partial charge in [-0.3, -0.25) is 14.5 Å². The molecule has 3 rings (SSSR count). The fraction of sp³-hybridized carbons (Fsp3) is 0.227. The number of methoxy groups -OCH3 is 1. The van der Waals surface area contributed by atoms with Crippen LogP contribution in [0.5, 0.6) is 5.75 Å². The van der Waals surface area contributed by atoms with Crippen molar-refractivity contribution >= 4 is 34.8 Å². The SMILES string of the molecule is CNC(=O)[C@@H](C)SC1=N/C(=C/c2ccc(OC)cc2)C(=O)N1Cc1ccccc1. The van der Waals surface area contributed by atoms with E-state index in [-0.39, 0.29) is 17.1 Å².